The molecule has 308 valence electrons. The molecule has 0 spiro atoms. The van der Waals surface area contributed by atoms with Crippen LogP contribution in [0.4, 0.5) is 5.69 Å². The predicted molar refractivity (Wildman–Crippen MR) is 230 cm³/mol. The van der Waals surface area contributed by atoms with Crippen LogP contribution in [0.5, 0.6) is 11.5 Å². The van der Waals surface area contributed by atoms with Crippen molar-refractivity contribution in [2.24, 2.45) is 12.0 Å². The maximum atomic E-state index is 13.4. The van der Waals surface area contributed by atoms with E-state index in [0.717, 1.165) is 16.7 Å². The minimum absolute atomic E-state index is 0.135. The zero-order chi connectivity index (χ0) is 42.6. The molecule has 0 radical (unpaired) electrons. The number of carbonyl (C=O) groups excluding carboxylic acids is 5. The Balaban J connectivity index is 0.851. The summed E-state index contributed by atoms with van der Waals surface area (Å²) in [6.07, 6.45) is 2.65. The summed E-state index contributed by atoms with van der Waals surface area (Å²) in [5.41, 5.74) is 4.63. The first-order chi connectivity index (χ1) is 29.6. The van der Waals surface area contributed by atoms with Crippen LogP contribution in [-0.2, 0) is 23.2 Å². The van der Waals surface area contributed by atoms with Gasteiger partial charge in [-0.05, 0) is 66.9 Å². The number of anilines is 1. The summed E-state index contributed by atoms with van der Waals surface area (Å²) in [5, 5.41) is 12.1. The lowest BCUT2D eigenvalue weighted by Crippen LogP contribution is -2.54. The number of para-hydroxylation sites is 2. The molecule has 4 heterocycles. The molecule has 8 rings (SSSR count). The third-order valence-corrected chi connectivity index (χ3v) is 10.7. The number of piperidine rings is 1. The number of H-pyrrole nitrogens is 1. The molecule has 2 aliphatic heterocycles. The van der Waals surface area contributed by atoms with Gasteiger partial charge in [-0.25, -0.2) is 0 Å². The van der Waals surface area contributed by atoms with Gasteiger partial charge in [0.2, 0.25) is 11.8 Å². The number of fused-ring (bicyclic) bond motifs is 2. The molecule has 4 aromatic carbocycles. The Morgan fingerprint density at radius 1 is 0.836 bits per heavy atom. The Hall–Kier alpha value is -7.81. The standard InChI is InChI=1S/C46H42N8O7/c1-47-41-39-31(45(59)54(41)36-20-21-38(55)52-44(36)58)13-8-14-34(39)48-22-9-23-49-42(56)28-18-16-27(17-19-28)25-50-43(57)35-24-32-33(26-53(2)46(60)40(32)51-35)30-12-6-7-15-37(30)61-29-10-4-3-5-11-29/h3-8,10-19,24,26,36,48,51H,9,20-23,25H2,1-2H3,(H,49,56)(H,50,57)(H,52,55,58). The van der Waals surface area contributed by atoms with Gasteiger partial charge in [0.25, 0.3) is 23.3 Å². The summed E-state index contributed by atoms with van der Waals surface area (Å²) in [4.78, 5) is 86.0. The van der Waals surface area contributed by atoms with Crippen LogP contribution in [0.3, 0.4) is 0 Å². The normalized spacial score (nSPS) is 15.4. The maximum Gasteiger partial charge on any atom is 0.274 e. The lowest BCUT2D eigenvalue weighted by Gasteiger charge is -2.29. The highest BCUT2D eigenvalue weighted by Gasteiger charge is 2.44. The molecule has 2 aliphatic rings. The number of rotatable bonds is 13. The van der Waals surface area contributed by atoms with Gasteiger partial charge in [0.15, 0.2) is 0 Å². The van der Waals surface area contributed by atoms with Gasteiger partial charge in [-0.1, -0.05) is 54.6 Å². The van der Waals surface area contributed by atoms with Crippen molar-refractivity contribution < 1.29 is 28.7 Å². The fourth-order valence-corrected chi connectivity index (χ4v) is 7.63. The zero-order valence-electron chi connectivity index (χ0n) is 33.4. The lowest BCUT2D eigenvalue weighted by molar-refractivity contribution is -0.135. The molecule has 5 amide bonds. The second kappa shape index (κ2) is 17.2. The number of amidine groups is 1. The highest BCUT2D eigenvalue weighted by atomic mass is 16.5. The van der Waals surface area contributed by atoms with Crippen molar-refractivity contribution in [2.45, 2.75) is 31.8 Å². The first-order valence-electron chi connectivity index (χ1n) is 19.8. The minimum Gasteiger partial charge on any atom is -0.457 e. The number of benzene rings is 4. The van der Waals surface area contributed by atoms with E-state index in [2.05, 4.69) is 31.2 Å². The van der Waals surface area contributed by atoms with Gasteiger partial charge >= 0.3 is 0 Å². The van der Waals surface area contributed by atoms with Crippen LogP contribution >= 0.6 is 0 Å². The maximum absolute atomic E-state index is 13.4. The Morgan fingerprint density at radius 2 is 1.59 bits per heavy atom. The SMILES string of the molecule is CN=C1c2c(NCCCNC(=O)c3ccc(CNC(=O)c4cc5c(-c6ccccc6Oc6ccccc6)cn(C)c(=O)c5[nH]4)cc3)cccc2C(=O)N1C1CCC(=O)NC1=O. The molecular formula is C46H42N8O7. The molecule has 5 N–H and O–H groups in total. The molecule has 6 aromatic rings. The first-order valence-corrected chi connectivity index (χ1v) is 19.8. The van der Waals surface area contributed by atoms with E-state index in [1.54, 1.807) is 62.8 Å². The molecule has 0 aliphatic carbocycles. The molecule has 1 fully saturated rings. The molecule has 2 aromatic heterocycles. The van der Waals surface area contributed by atoms with Gasteiger partial charge < -0.3 is 30.2 Å². The van der Waals surface area contributed by atoms with E-state index in [1.807, 2.05) is 60.7 Å². The van der Waals surface area contributed by atoms with Crippen molar-refractivity contribution in [3.8, 4) is 22.6 Å². The van der Waals surface area contributed by atoms with E-state index >= 15 is 0 Å². The van der Waals surface area contributed by atoms with E-state index < -0.39 is 17.9 Å². The van der Waals surface area contributed by atoms with E-state index in [0.29, 0.717) is 70.1 Å². The summed E-state index contributed by atoms with van der Waals surface area (Å²) in [5.74, 6) is -0.259. The molecule has 0 bridgehead atoms. The molecule has 15 heteroatoms. The Labute approximate surface area is 349 Å². The van der Waals surface area contributed by atoms with Crippen LogP contribution in [0.1, 0.15) is 61.6 Å². The molecule has 1 saturated heterocycles. The second-order valence-corrected chi connectivity index (χ2v) is 14.7. The average molecular weight is 819 g/mol. The molecule has 0 saturated carbocycles. The summed E-state index contributed by atoms with van der Waals surface area (Å²) >= 11 is 0. The number of carbonyl (C=O) groups is 5. The highest BCUT2D eigenvalue weighted by molar-refractivity contribution is 6.27. The van der Waals surface area contributed by atoms with Crippen molar-refractivity contribution in [2.75, 3.05) is 25.5 Å². The van der Waals surface area contributed by atoms with Crippen LogP contribution in [0, 0.1) is 0 Å². The van der Waals surface area contributed by atoms with Gasteiger partial charge in [-0.2, -0.15) is 0 Å². The Kier molecular flexibility index (Phi) is 11.3. The van der Waals surface area contributed by atoms with Crippen LogP contribution in [-0.4, -0.2) is 76.0 Å². The Morgan fingerprint density at radius 3 is 2.36 bits per heavy atom. The van der Waals surface area contributed by atoms with E-state index in [9.17, 15) is 28.8 Å². The van der Waals surface area contributed by atoms with Crippen molar-refractivity contribution in [3.63, 3.8) is 0 Å². The third-order valence-electron chi connectivity index (χ3n) is 10.7. The zero-order valence-corrected chi connectivity index (χ0v) is 33.4. The number of hydrogen-bond acceptors (Lipinski definition) is 9. The molecule has 15 nitrogen and oxygen atoms in total. The van der Waals surface area contributed by atoms with Gasteiger partial charge in [-0.15, -0.1) is 0 Å². The number of nitrogens with zero attached hydrogens (tertiary/aromatic N) is 3. The topological polar surface area (TPSA) is 196 Å². The fourth-order valence-electron chi connectivity index (χ4n) is 7.63. The predicted octanol–water partition coefficient (Wildman–Crippen LogP) is 5.13. The molecule has 1 unspecified atom stereocenters. The largest absolute Gasteiger partial charge is 0.457 e. The number of aliphatic imine (C=N–C) groups is 1. The molecule has 1 atom stereocenters. The molecule has 61 heavy (non-hydrogen) atoms. The fraction of sp³-hybridized carbons (Fsp3) is 0.196. The highest BCUT2D eigenvalue weighted by Crippen LogP contribution is 2.37. The number of aromatic amines is 1. The van der Waals surface area contributed by atoms with Gasteiger partial charge in [0, 0.05) is 74.1 Å². The van der Waals surface area contributed by atoms with Crippen molar-refractivity contribution in [1.82, 2.24) is 30.4 Å². The van der Waals surface area contributed by atoms with Crippen molar-refractivity contribution in [3.05, 3.63) is 148 Å². The van der Waals surface area contributed by atoms with Gasteiger partial charge in [0.1, 0.15) is 34.6 Å². The summed E-state index contributed by atoms with van der Waals surface area (Å²) in [7, 11) is 3.22. The number of aryl methyl sites for hydroxylation is 1. The van der Waals surface area contributed by atoms with Crippen molar-refractivity contribution >= 4 is 52.0 Å². The minimum atomic E-state index is -0.832. The smallest absolute Gasteiger partial charge is 0.274 e. The summed E-state index contributed by atoms with van der Waals surface area (Å²) in [6, 6.07) is 30.0. The molecular weight excluding hydrogens is 777 g/mol. The monoisotopic (exact) mass is 818 g/mol. The van der Waals surface area contributed by atoms with Crippen molar-refractivity contribution in [1.29, 1.82) is 0 Å². The van der Waals surface area contributed by atoms with Gasteiger partial charge in [0.05, 0.1) is 11.1 Å². The quantitative estimate of drug-likeness (QED) is 0.0782. The number of amides is 5. The number of pyridine rings is 1. The van der Waals surface area contributed by atoms with Crippen LogP contribution in [0.2, 0.25) is 0 Å². The summed E-state index contributed by atoms with van der Waals surface area (Å²) in [6.45, 7) is 1.03. The number of imide groups is 1. The van der Waals surface area contributed by atoms with E-state index in [4.69, 9.17) is 4.74 Å². The van der Waals surface area contributed by atoms with E-state index in [-0.39, 0.29) is 48.4 Å². The lowest BCUT2D eigenvalue weighted by atomic mass is 10.0. The summed E-state index contributed by atoms with van der Waals surface area (Å²) < 4.78 is 7.68. The first kappa shape index (κ1) is 40.0. The van der Waals surface area contributed by atoms with Crippen LogP contribution in [0.15, 0.2) is 119 Å². The van der Waals surface area contributed by atoms with E-state index in [1.165, 1.54) is 9.47 Å². The Bertz CT molecular complexity index is 2790. The number of hydrogen-bond donors (Lipinski definition) is 5. The number of aromatic nitrogens is 2. The number of ether oxygens (including phenoxy) is 1. The third kappa shape index (κ3) is 8.13. The van der Waals surface area contributed by atoms with Crippen LogP contribution < -0.4 is 31.6 Å². The second-order valence-electron chi connectivity index (χ2n) is 14.7. The van der Waals surface area contributed by atoms with Gasteiger partial charge in [-0.3, -0.25) is 44.0 Å². The number of nitrogens with one attached hydrogen (secondary N) is 5. The van der Waals surface area contributed by atoms with Crippen LogP contribution in [0.25, 0.3) is 22.0 Å². The average Bonchev–Trinajstić information content (AvgIpc) is 3.85.